The molecule has 0 amide bonds. The summed E-state index contributed by atoms with van der Waals surface area (Å²) in [5.41, 5.74) is 0.835. The maximum atomic E-state index is 13.5. The first-order valence-corrected chi connectivity index (χ1v) is 5.03. The Morgan fingerprint density at radius 1 is 1.56 bits per heavy atom. The van der Waals surface area contributed by atoms with Crippen molar-refractivity contribution in [2.45, 2.75) is 12.8 Å². The van der Waals surface area contributed by atoms with Gasteiger partial charge in [0.1, 0.15) is 5.82 Å². The molecule has 0 aliphatic carbocycles. The quantitative estimate of drug-likeness (QED) is 0.712. The van der Waals surface area contributed by atoms with Gasteiger partial charge in [0.05, 0.1) is 24.7 Å². The van der Waals surface area contributed by atoms with Gasteiger partial charge in [0.25, 0.3) is 0 Å². The van der Waals surface area contributed by atoms with Crippen molar-refractivity contribution in [1.29, 1.82) is 5.26 Å². The lowest BCUT2D eigenvalue weighted by atomic mass is 9.97. The normalized spacial score (nSPS) is 19.2. The monoisotopic (exact) mass is 219 g/mol. The van der Waals surface area contributed by atoms with Crippen LogP contribution in [0.15, 0.2) is 18.2 Å². The van der Waals surface area contributed by atoms with Gasteiger partial charge in [-0.1, -0.05) is 6.07 Å². The Bertz CT molecular complexity index is 465. The smallest absolute Gasteiger partial charge is 0.306 e. The van der Waals surface area contributed by atoms with Gasteiger partial charge in [-0.15, -0.1) is 0 Å². The lowest BCUT2D eigenvalue weighted by Crippen LogP contribution is -2.05. The molecule has 0 aromatic heterocycles. The molecule has 1 aliphatic heterocycles. The number of ether oxygens (including phenoxy) is 1. The fourth-order valence-electron chi connectivity index (χ4n) is 1.79. The first kappa shape index (κ1) is 10.6. The predicted molar refractivity (Wildman–Crippen MR) is 53.9 cm³/mol. The summed E-state index contributed by atoms with van der Waals surface area (Å²) in [7, 11) is 0. The number of cyclic esters (lactones) is 1. The summed E-state index contributed by atoms with van der Waals surface area (Å²) in [6.45, 7) is 0.359. The van der Waals surface area contributed by atoms with E-state index in [-0.39, 0.29) is 11.9 Å². The minimum Gasteiger partial charge on any atom is -0.465 e. The molecule has 1 fully saturated rings. The number of rotatable bonds is 2. The largest absolute Gasteiger partial charge is 0.465 e. The number of halogens is 1. The zero-order chi connectivity index (χ0) is 11.5. The zero-order valence-electron chi connectivity index (χ0n) is 8.57. The third-order valence-electron chi connectivity index (χ3n) is 2.63. The molecule has 82 valence electrons. The van der Waals surface area contributed by atoms with E-state index in [9.17, 15) is 9.18 Å². The number of carbonyl (C=O) groups is 1. The Hall–Kier alpha value is -1.89. The zero-order valence-corrected chi connectivity index (χ0v) is 8.57. The summed E-state index contributed by atoms with van der Waals surface area (Å²) in [6.07, 6.45) is 0.822. The maximum absolute atomic E-state index is 13.5. The summed E-state index contributed by atoms with van der Waals surface area (Å²) < 4.78 is 18.3. The molecule has 16 heavy (non-hydrogen) atoms. The molecule has 0 unspecified atom stereocenters. The molecule has 1 aliphatic rings. The fourth-order valence-corrected chi connectivity index (χ4v) is 1.79. The van der Waals surface area contributed by atoms with E-state index in [1.807, 2.05) is 6.07 Å². The molecule has 2 rings (SSSR count). The van der Waals surface area contributed by atoms with Crippen LogP contribution in [0.3, 0.4) is 0 Å². The van der Waals surface area contributed by atoms with E-state index in [1.165, 1.54) is 6.07 Å². The highest BCUT2D eigenvalue weighted by Gasteiger charge is 2.24. The van der Waals surface area contributed by atoms with Gasteiger partial charge < -0.3 is 4.74 Å². The molecule has 0 N–H and O–H groups in total. The van der Waals surface area contributed by atoms with Crippen molar-refractivity contribution in [3.05, 3.63) is 35.1 Å². The Morgan fingerprint density at radius 2 is 2.38 bits per heavy atom. The second kappa shape index (κ2) is 4.31. The summed E-state index contributed by atoms with van der Waals surface area (Å²) in [6, 6.07) is 6.27. The molecule has 0 saturated carbocycles. The van der Waals surface area contributed by atoms with E-state index in [1.54, 1.807) is 12.1 Å². The van der Waals surface area contributed by atoms with Crippen molar-refractivity contribution in [3.63, 3.8) is 0 Å². The van der Waals surface area contributed by atoms with Crippen LogP contribution in [0.1, 0.15) is 17.5 Å². The van der Waals surface area contributed by atoms with Gasteiger partial charge in [-0.2, -0.15) is 5.26 Å². The molecule has 0 bridgehead atoms. The minimum absolute atomic E-state index is 0.0509. The SMILES string of the molecule is N#Cc1ccc(C[C@@H]2COC(=O)C2)c(F)c1. The van der Waals surface area contributed by atoms with Gasteiger partial charge in [-0.05, 0) is 24.1 Å². The van der Waals surface area contributed by atoms with Crippen molar-refractivity contribution < 1.29 is 13.9 Å². The fraction of sp³-hybridized carbons (Fsp3) is 0.333. The molecular formula is C12H10FNO2. The molecule has 1 aromatic carbocycles. The summed E-state index contributed by atoms with van der Waals surface area (Å²) >= 11 is 0. The van der Waals surface area contributed by atoms with E-state index in [2.05, 4.69) is 0 Å². The highest BCUT2D eigenvalue weighted by molar-refractivity contribution is 5.71. The van der Waals surface area contributed by atoms with E-state index in [0.29, 0.717) is 30.6 Å². The standard InChI is InChI=1S/C12H10FNO2/c13-11-4-8(6-14)1-2-10(11)3-9-5-12(15)16-7-9/h1-2,4,9H,3,5,7H2/t9-/m0/s1. The summed E-state index contributed by atoms with van der Waals surface area (Å²) in [5.74, 6) is -0.563. The number of hydrogen-bond donors (Lipinski definition) is 0. The number of nitrogens with zero attached hydrogens (tertiary/aromatic N) is 1. The van der Waals surface area contributed by atoms with Crippen molar-refractivity contribution in [2.24, 2.45) is 5.92 Å². The van der Waals surface area contributed by atoms with Gasteiger partial charge in [0.2, 0.25) is 0 Å². The number of benzene rings is 1. The number of esters is 1. The van der Waals surface area contributed by atoms with E-state index in [4.69, 9.17) is 10.00 Å². The van der Waals surface area contributed by atoms with Gasteiger partial charge in [0, 0.05) is 5.92 Å². The number of hydrogen-bond acceptors (Lipinski definition) is 3. The van der Waals surface area contributed by atoms with Crippen molar-refractivity contribution in [1.82, 2.24) is 0 Å². The van der Waals surface area contributed by atoms with Gasteiger partial charge in [-0.3, -0.25) is 4.79 Å². The second-order valence-electron chi connectivity index (χ2n) is 3.88. The van der Waals surface area contributed by atoms with Crippen LogP contribution in [0.4, 0.5) is 4.39 Å². The highest BCUT2D eigenvalue weighted by Crippen LogP contribution is 2.21. The van der Waals surface area contributed by atoms with Crippen LogP contribution in [0.5, 0.6) is 0 Å². The lowest BCUT2D eigenvalue weighted by Gasteiger charge is -2.07. The van der Waals surface area contributed by atoms with Gasteiger partial charge >= 0.3 is 5.97 Å². The third-order valence-corrected chi connectivity index (χ3v) is 2.63. The molecular weight excluding hydrogens is 209 g/mol. The molecule has 1 aromatic rings. The van der Waals surface area contributed by atoms with Crippen LogP contribution in [0, 0.1) is 23.1 Å². The van der Waals surface area contributed by atoms with E-state index < -0.39 is 5.82 Å². The molecule has 0 spiro atoms. The first-order chi connectivity index (χ1) is 7.69. The van der Waals surface area contributed by atoms with Crippen LogP contribution in [0.2, 0.25) is 0 Å². The lowest BCUT2D eigenvalue weighted by molar-refractivity contribution is -0.137. The minimum atomic E-state index is -0.390. The van der Waals surface area contributed by atoms with E-state index in [0.717, 1.165) is 0 Å². The van der Waals surface area contributed by atoms with E-state index >= 15 is 0 Å². The molecule has 1 atom stereocenters. The Labute approximate surface area is 92.4 Å². The van der Waals surface area contributed by atoms with Crippen LogP contribution < -0.4 is 0 Å². The van der Waals surface area contributed by atoms with Crippen LogP contribution in [-0.4, -0.2) is 12.6 Å². The maximum Gasteiger partial charge on any atom is 0.306 e. The van der Waals surface area contributed by atoms with Crippen molar-refractivity contribution >= 4 is 5.97 Å². The van der Waals surface area contributed by atoms with Crippen LogP contribution in [0.25, 0.3) is 0 Å². The second-order valence-corrected chi connectivity index (χ2v) is 3.88. The molecule has 1 heterocycles. The number of nitriles is 1. The molecule has 0 radical (unpaired) electrons. The highest BCUT2D eigenvalue weighted by atomic mass is 19.1. The van der Waals surface area contributed by atoms with Crippen molar-refractivity contribution in [2.75, 3.05) is 6.61 Å². The molecule has 1 saturated heterocycles. The predicted octanol–water partition coefficient (Wildman–Crippen LogP) is 1.80. The molecule has 3 nitrogen and oxygen atoms in total. The summed E-state index contributed by atoms with van der Waals surface area (Å²) in [5, 5.41) is 8.59. The Balaban J connectivity index is 2.10. The van der Waals surface area contributed by atoms with Crippen LogP contribution >= 0.6 is 0 Å². The topological polar surface area (TPSA) is 50.1 Å². The van der Waals surface area contributed by atoms with Gasteiger partial charge in [-0.25, -0.2) is 4.39 Å². The van der Waals surface area contributed by atoms with Gasteiger partial charge in [0.15, 0.2) is 0 Å². The summed E-state index contributed by atoms with van der Waals surface area (Å²) in [4.78, 5) is 10.9. The first-order valence-electron chi connectivity index (χ1n) is 5.03. The third kappa shape index (κ3) is 2.19. The molecule has 4 heteroatoms. The number of carbonyl (C=O) groups excluding carboxylic acids is 1. The van der Waals surface area contributed by atoms with Crippen LogP contribution in [-0.2, 0) is 16.0 Å². The Kier molecular flexibility index (Phi) is 2.86. The van der Waals surface area contributed by atoms with Crippen molar-refractivity contribution in [3.8, 4) is 6.07 Å². The average Bonchev–Trinajstić information content (AvgIpc) is 2.67. The Morgan fingerprint density at radius 3 is 2.94 bits per heavy atom. The average molecular weight is 219 g/mol.